The first-order valence-corrected chi connectivity index (χ1v) is 9.09. The number of carbonyl (C=O) groups excluding carboxylic acids is 1. The van der Waals surface area contributed by atoms with Crippen LogP contribution in [0.1, 0.15) is 23.0 Å². The summed E-state index contributed by atoms with van der Waals surface area (Å²) in [6.07, 6.45) is 1.15. The Labute approximate surface area is 154 Å². The molecule has 1 aliphatic rings. The van der Waals surface area contributed by atoms with Crippen LogP contribution in [-0.2, 0) is 11.3 Å². The average Bonchev–Trinajstić information content (AvgIpc) is 3.16. The van der Waals surface area contributed by atoms with Crippen molar-refractivity contribution in [2.45, 2.75) is 19.6 Å². The van der Waals surface area contributed by atoms with E-state index in [1.807, 2.05) is 36.4 Å². The van der Waals surface area contributed by atoms with Crippen molar-refractivity contribution in [1.29, 1.82) is 0 Å². The van der Waals surface area contributed by atoms with Gasteiger partial charge in [-0.05, 0) is 43.3 Å². The Bertz CT molecular complexity index is 676. The molecule has 2 aromatic rings. The maximum absolute atomic E-state index is 11.4. The van der Waals surface area contributed by atoms with Crippen LogP contribution in [0, 0.1) is 0 Å². The Morgan fingerprint density at radius 2 is 2.00 bits per heavy atom. The van der Waals surface area contributed by atoms with E-state index < -0.39 is 6.10 Å². The zero-order chi connectivity index (χ0) is 18.4. The minimum absolute atomic E-state index is 0.0917. The molecule has 1 aromatic carbocycles. The van der Waals surface area contributed by atoms with Gasteiger partial charge in [0.05, 0.1) is 39.0 Å². The van der Waals surface area contributed by atoms with Crippen LogP contribution in [0.5, 0.6) is 0 Å². The van der Waals surface area contributed by atoms with Gasteiger partial charge in [0.1, 0.15) is 25.0 Å². The average molecular weight is 359 g/mol. The molecule has 0 radical (unpaired) electrons. The van der Waals surface area contributed by atoms with Gasteiger partial charge in [0.2, 0.25) is 0 Å². The second-order valence-electron chi connectivity index (χ2n) is 6.79. The number of furan rings is 1. The normalized spacial score (nSPS) is 16.6. The summed E-state index contributed by atoms with van der Waals surface area (Å²) in [5.41, 5.74) is 1.90. The van der Waals surface area contributed by atoms with Gasteiger partial charge in [0.15, 0.2) is 5.78 Å². The van der Waals surface area contributed by atoms with Crippen LogP contribution < -0.4 is 9.80 Å². The topological polar surface area (TPSA) is 67.4 Å². The van der Waals surface area contributed by atoms with Crippen molar-refractivity contribution in [3.63, 3.8) is 0 Å². The van der Waals surface area contributed by atoms with Gasteiger partial charge in [-0.2, -0.15) is 0 Å². The summed E-state index contributed by atoms with van der Waals surface area (Å²) < 4.78 is 10.7. The molecule has 1 saturated heterocycles. The lowest BCUT2D eigenvalue weighted by atomic mass is 10.1. The number of benzene rings is 1. The zero-order valence-electron chi connectivity index (χ0n) is 15.2. The quantitative estimate of drug-likeness (QED) is 0.682. The molecule has 26 heavy (non-hydrogen) atoms. The van der Waals surface area contributed by atoms with E-state index in [4.69, 9.17) is 9.15 Å². The summed E-state index contributed by atoms with van der Waals surface area (Å²) in [6, 6.07) is 11.5. The number of Topliss-reactive ketones (excluding diaryl/α,β-unsaturated/α-hetero) is 1. The number of ether oxygens (including phenoxy) is 1. The second-order valence-corrected chi connectivity index (χ2v) is 6.79. The molecule has 0 aliphatic carbocycles. The third-order valence-electron chi connectivity index (χ3n) is 4.77. The SMILES string of the molecule is CC(=O)c1ccc(N2CC[NH+](C[C@@H](O)COCc3ccco3)CC2)cc1. The second kappa shape index (κ2) is 8.98. The molecule has 2 heterocycles. The Balaban J connectivity index is 1.38. The number of aliphatic hydroxyl groups is 1. The van der Waals surface area contributed by atoms with Crippen LogP contribution >= 0.6 is 0 Å². The first-order valence-electron chi connectivity index (χ1n) is 9.09. The number of hydrogen-bond acceptors (Lipinski definition) is 5. The lowest BCUT2D eigenvalue weighted by Gasteiger charge is -2.34. The number of quaternary nitrogens is 1. The monoisotopic (exact) mass is 359 g/mol. The van der Waals surface area contributed by atoms with E-state index in [0.29, 0.717) is 19.8 Å². The standard InChI is InChI=1S/C20H26N2O4/c1-16(23)17-4-6-18(7-5-17)22-10-8-21(9-11-22)13-19(24)14-25-15-20-3-2-12-26-20/h2-7,12,19,24H,8-11,13-15H2,1H3/p+1/t19-/m1/s1. The van der Waals surface area contributed by atoms with Crippen molar-refractivity contribution in [1.82, 2.24) is 0 Å². The largest absolute Gasteiger partial charge is 0.467 e. The fourth-order valence-corrected chi connectivity index (χ4v) is 3.27. The van der Waals surface area contributed by atoms with Crippen LogP contribution in [0.3, 0.4) is 0 Å². The first kappa shape index (κ1) is 18.6. The third kappa shape index (κ3) is 5.17. The summed E-state index contributed by atoms with van der Waals surface area (Å²) >= 11 is 0. The van der Waals surface area contributed by atoms with Crippen molar-refractivity contribution in [2.75, 3.05) is 44.2 Å². The van der Waals surface area contributed by atoms with E-state index in [0.717, 1.165) is 43.2 Å². The molecule has 1 atom stereocenters. The molecule has 0 spiro atoms. The molecule has 140 valence electrons. The number of ketones is 1. The molecule has 1 fully saturated rings. The number of aliphatic hydroxyl groups excluding tert-OH is 1. The van der Waals surface area contributed by atoms with Gasteiger partial charge in [-0.3, -0.25) is 4.79 Å². The van der Waals surface area contributed by atoms with Gasteiger partial charge in [0, 0.05) is 11.3 Å². The maximum atomic E-state index is 11.4. The minimum Gasteiger partial charge on any atom is -0.467 e. The van der Waals surface area contributed by atoms with E-state index >= 15 is 0 Å². The van der Waals surface area contributed by atoms with Gasteiger partial charge in [0.25, 0.3) is 0 Å². The molecule has 0 saturated carbocycles. The highest BCUT2D eigenvalue weighted by Crippen LogP contribution is 2.15. The number of anilines is 1. The Kier molecular flexibility index (Phi) is 6.44. The first-order chi connectivity index (χ1) is 12.6. The van der Waals surface area contributed by atoms with Crippen molar-refractivity contribution in [3.8, 4) is 0 Å². The minimum atomic E-state index is -0.471. The van der Waals surface area contributed by atoms with E-state index in [-0.39, 0.29) is 5.78 Å². The van der Waals surface area contributed by atoms with E-state index in [1.165, 1.54) is 4.90 Å². The zero-order valence-corrected chi connectivity index (χ0v) is 15.2. The van der Waals surface area contributed by atoms with Crippen molar-refractivity contribution in [3.05, 3.63) is 54.0 Å². The van der Waals surface area contributed by atoms with Crippen LogP contribution in [-0.4, -0.2) is 56.3 Å². The van der Waals surface area contributed by atoms with E-state index in [9.17, 15) is 9.90 Å². The number of rotatable bonds is 8. The molecule has 0 amide bonds. The molecule has 1 aromatic heterocycles. The highest BCUT2D eigenvalue weighted by atomic mass is 16.5. The van der Waals surface area contributed by atoms with Crippen LogP contribution in [0.15, 0.2) is 47.1 Å². The summed E-state index contributed by atoms with van der Waals surface area (Å²) in [4.78, 5) is 15.1. The highest BCUT2D eigenvalue weighted by molar-refractivity contribution is 5.94. The number of nitrogens with one attached hydrogen (secondary N) is 1. The number of carbonyl (C=O) groups is 1. The molecule has 2 N–H and O–H groups in total. The van der Waals surface area contributed by atoms with Gasteiger partial charge >= 0.3 is 0 Å². The summed E-state index contributed by atoms with van der Waals surface area (Å²) in [5.74, 6) is 0.864. The predicted octanol–water partition coefficient (Wildman–Crippen LogP) is 0.765. The van der Waals surface area contributed by atoms with Crippen LogP contribution in [0.2, 0.25) is 0 Å². The number of piperazine rings is 1. The summed E-state index contributed by atoms with van der Waals surface area (Å²) in [6.45, 7) is 6.82. The summed E-state index contributed by atoms with van der Waals surface area (Å²) in [5, 5.41) is 10.2. The fourth-order valence-electron chi connectivity index (χ4n) is 3.27. The highest BCUT2D eigenvalue weighted by Gasteiger charge is 2.22. The molecule has 6 nitrogen and oxygen atoms in total. The van der Waals surface area contributed by atoms with Gasteiger partial charge in [-0.1, -0.05) is 0 Å². The molecule has 0 bridgehead atoms. The predicted molar refractivity (Wildman–Crippen MR) is 98.6 cm³/mol. The smallest absolute Gasteiger partial charge is 0.159 e. The van der Waals surface area contributed by atoms with Gasteiger partial charge in [-0.15, -0.1) is 0 Å². The lowest BCUT2D eigenvalue weighted by Crippen LogP contribution is -3.16. The molecule has 3 rings (SSSR count). The Hall–Kier alpha value is -2.15. The third-order valence-corrected chi connectivity index (χ3v) is 4.77. The van der Waals surface area contributed by atoms with E-state index in [2.05, 4.69) is 4.90 Å². The van der Waals surface area contributed by atoms with Gasteiger partial charge < -0.3 is 24.1 Å². The number of nitrogens with zero attached hydrogens (tertiary/aromatic N) is 1. The fraction of sp³-hybridized carbons (Fsp3) is 0.450. The van der Waals surface area contributed by atoms with Crippen LogP contribution in [0.4, 0.5) is 5.69 Å². The van der Waals surface area contributed by atoms with Gasteiger partial charge in [-0.25, -0.2) is 0 Å². The number of hydrogen-bond donors (Lipinski definition) is 2. The maximum Gasteiger partial charge on any atom is 0.159 e. The van der Waals surface area contributed by atoms with Crippen molar-refractivity contribution in [2.24, 2.45) is 0 Å². The molecule has 6 heteroatoms. The molecular weight excluding hydrogens is 332 g/mol. The molecule has 1 aliphatic heterocycles. The van der Waals surface area contributed by atoms with Crippen molar-refractivity contribution < 1.29 is 24.0 Å². The lowest BCUT2D eigenvalue weighted by molar-refractivity contribution is -0.903. The molecule has 0 unspecified atom stereocenters. The molecular formula is C20H27N2O4+. The van der Waals surface area contributed by atoms with E-state index in [1.54, 1.807) is 13.2 Å². The Morgan fingerprint density at radius 3 is 2.62 bits per heavy atom. The van der Waals surface area contributed by atoms with Crippen LogP contribution in [0.25, 0.3) is 0 Å². The Morgan fingerprint density at radius 1 is 1.27 bits per heavy atom. The van der Waals surface area contributed by atoms with Crippen molar-refractivity contribution >= 4 is 11.5 Å². The summed E-state index contributed by atoms with van der Waals surface area (Å²) in [7, 11) is 0.